The van der Waals surface area contributed by atoms with Crippen LogP contribution in [0.25, 0.3) is 0 Å². The number of thiocarbonyl (C=S) groups is 1. The van der Waals surface area contributed by atoms with Gasteiger partial charge in [-0.3, -0.25) is 4.79 Å². The number of carbonyl (C=O) groups is 1. The number of hydrogen-bond acceptors (Lipinski definition) is 2. The fourth-order valence-corrected chi connectivity index (χ4v) is 1.26. The van der Waals surface area contributed by atoms with E-state index in [-0.39, 0.29) is 11.5 Å². The molecule has 0 aliphatic carbocycles. The summed E-state index contributed by atoms with van der Waals surface area (Å²) in [5.74, 6) is -0.856. The lowest BCUT2D eigenvalue weighted by molar-refractivity contribution is -0.137. The van der Waals surface area contributed by atoms with Gasteiger partial charge >= 0.3 is 6.18 Å². The van der Waals surface area contributed by atoms with Crippen molar-refractivity contribution in [2.75, 3.05) is 6.54 Å². The van der Waals surface area contributed by atoms with Crippen molar-refractivity contribution < 1.29 is 18.0 Å². The lowest BCUT2D eigenvalue weighted by Crippen LogP contribution is -2.33. The Hall–Kier alpha value is -1.63. The molecule has 92 valence electrons. The molecule has 0 spiro atoms. The van der Waals surface area contributed by atoms with Crippen molar-refractivity contribution in [3.63, 3.8) is 0 Å². The van der Waals surface area contributed by atoms with Crippen LogP contribution in [0.5, 0.6) is 0 Å². The van der Waals surface area contributed by atoms with Crippen LogP contribution in [0.2, 0.25) is 0 Å². The van der Waals surface area contributed by atoms with Gasteiger partial charge in [0.2, 0.25) is 0 Å². The summed E-state index contributed by atoms with van der Waals surface area (Å²) < 4.78 is 37.7. The summed E-state index contributed by atoms with van der Waals surface area (Å²) in [6.45, 7) is -0.139. The molecule has 0 saturated carbocycles. The minimum absolute atomic E-state index is 0.00263. The third kappa shape index (κ3) is 3.70. The lowest BCUT2D eigenvalue weighted by atomic mass is 10.1. The Balaban J connectivity index is 2.98. The maximum Gasteiger partial charge on any atom is 0.417 e. The van der Waals surface area contributed by atoms with Gasteiger partial charge in [-0.2, -0.15) is 13.2 Å². The molecular formula is C10H9F3N2OS. The van der Waals surface area contributed by atoms with Crippen LogP contribution >= 0.6 is 12.2 Å². The Kier molecular flexibility index (Phi) is 4.06. The Labute approximate surface area is 101 Å². The molecular weight excluding hydrogens is 253 g/mol. The third-order valence-electron chi connectivity index (χ3n) is 1.90. The average Bonchev–Trinajstić information content (AvgIpc) is 2.24. The largest absolute Gasteiger partial charge is 0.417 e. The molecule has 1 aromatic rings. The van der Waals surface area contributed by atoms with Crippen LogP contribution in [-0.4, -0.2) is 17.4 Å². The molecule has 1 rings (SSSR count). The highest BCUT2D eigenvalue weighted by Gasteiger charge is 2.34. The van der Waals surface area contributed by atoms with E-state index in [9.17, 15) is 18.0 Å². The summed E-state index contributed by atoms with van der Waals surface area (Å²) in [7, 11) is 0. The standard InChI is InChI=1S/C10H9F3N2OS/c11-10(12,13)7-4-2-1-3-6(7)9(16)15-5-8(14)17/h1-4H,5H2,(H2,14,17)(H,15,16). The number of nitrogens with two attached hydrogens (primary N) is 1. The quantitative estimate of drug-likeness (QED) is 0.815. The molecule has 0 radical (unpaired) electrons. The maximum atomic E-state index is 12.6. The molecule has 0 bridgehead atoms. The van der Waals surface area contributed by atoms with Crippen LogP contribution in [0.3, 0.4) is 0 Å². The zero-order valence-electron chi connectivity index (χ0n) is 8.54. The fraction of sp³-hybridized carbons (Fsp3) is 0.200. The number of alkyl halides is 3. The topological polar surface area (TPSA) is 55.1 Å². The number of carbonyl (C=O) groups excluding carboxylic acids is 1. The first kappa shape index (κ1) is 13.4. The Bertz CT molecular complexity index is 445. The molecule has 0 heterocycles. The number of hydrogen-bond donors (Lipinski definition) is 2. The number of halogens is 3. The number of nitrogens with one attached hydrogen (secondary N) is 1. The Morgan fingerprint density at radius 2 is 1.94 bits per heavy atom. The minimum atomic E-state index is -4.57. The van der Waals surface area contributed by atoms with E-state index in [4.69, 9.17) is 5.73 Å². The van der Waals surface area contributed by atoms with Crippen LogP contribution in [-0.2, 0) is 6.18 Å². The molecule has 1 aromatic carbocycles. The molecule has 0 atom stereocenters. The summed E-state index contributed by atoms with van der Waals surface area (Å²) >= 11 is 4.51. The van der Waals surface area contributed by atoms with Gasteiger partial charge in [0.25, 0.3) is 5.91 Å². The van der Waals surface area contributed by atoms with Crippen LogP contribution in [0, 0.1) is 0 Å². The van der Waals surface area contributed by atoms with E-state index >= 15 is 0 Å². The van der Waals surface area contributed by atoms with E-state index in [1.807, 2.05) is 0 Å². The fourth-order valence-electron chi connectivity index (χ4n) is 1.19. The van der Waals surface area contributed by atoms with E-state index < -0.39 is 23.2 Å². The smallest absolute Gasteiger partial charge is 0.392 e. The summed E-state index contributed by atoms with van der Waals surface area (Å²) in [6, 6.07) is 4.51. The highest BCUT2D eigenvalue weighted by atomic mass is 32.1. The zero-order valence-corrected chi connectivity index (χ0v) is 9.36. The number of amides is 1. The first-order chi connectivity index (χ1) is 7.82. The molecule has 0 aromatic heterocycles. The van der Waals surface area contributed by atoms with Gasteiger partial charge in [0, 0.05) is 0 Å². The van der Waals surface area contributed by atoms with Crippen molar-refractivity contribution in [2.45, 2.75) is 6.18 Å². The minimum Gasteiger partial charge on any atom is -0.392 e. The number of benzene rings is 1. The van der Waals surface area contributed by atoms with Gasteiger partial charge < -0.3 is 11.1 Å². The summed E-state index contributed by atoms with van der Waals surface area (Å²) in [5, 5.41) is 2.21. The van der Waals surface area contributed by atoms with Crippen molar-refractivity contribution >= 4 is 23.1 Å². The van der Waals surface area contributed by atoms with Crippen LogP contribution in [0.4, 0.5) is 13.2 Å². The Morgan fingerprint density at radius 3 is 2.47 bits per heavy atom. The molecule has 0 unspecified atom stereocenters. The van der Waals surface area contributed by atoms with Crippen molar-refractivity contribution in [2.24, 2.45) is 5.73 Å². The van der Waals surface area contributed by atoms with Gasteiger partial charge in [-0.1, -0.05) is 24.4 Å². The lowest BCUT2D eigenvalue weighted by Gasteiger charge is -2.12. The van der Waals surface area contributed by atoms with Gasteiger partial charge in [0.1, 0.15) is 0 Å². The van der Waals surface area contributed by atoms with Gasteiger partial charge in [0.15, 0.2) is 0 Å². The monoisotopic (exact) mass is 262 g/mol. The molecule has 0 saturated heterocycles. The molecule has 3 nitrogen and oxygen atoms in total. The molecule has 7 heteroatoms. The van der Waals surface area contributed by atoms with Gasteiger partial charge in [-0.25, -0.2) is 0 Å². The first-order valence-electron chi connectivity index (χ1n) is 4.55. The van der Waals surface area contributed by atoms with Crippen molar-refractivity contribution in [1.29, 1.82) is 0 Å². The highest BCUT2D eigenvalue weighted by Crippen LogP contribution is 2.31. The zero-order chi connectivity index (χ0) is 13.1. The van der Waals surface area contributed by atoms with E-state index in [1.54, 1.807) is 0 Å². The molecule has 17 heavy (non-hydrogen) atoms. The second-order valence-electron chi connectivity index (χ2n) is 3.19. The molecule has 0 fully saturated rings. The van der Waals surface area contributed by atoms with Crippen LogP contribution < -0.4 is 11.1 Å². The van der Waals surface area contributed by atoms with E-state index in [0.29, 0.717) is 0 Å². The van der Waals surface area contributed by atoms with E-state index in [2.05, 4.69) is 17.5 Å². The SMILES string of the molecule is NC(=S)CNC(=O)c1ccccc1C(F)(F)F. The van der Waals surface area contributed by atoms with Crippen LogP contribution in [0.1, 0.15) is 15.9 Å². The Morgan fingerprint density at radius 1 is 1.35 bits per heavy atom. The van der Waals surface area contributed by atoms with Crippen molar-refractivity contribution in [1.82, 2.24) is 5.32 Å². The molecule has 1 amide bonds. The normalized spacial score (nSPS) is 11.0. The summed E-state index contributed by atoms with van der Waals surface area (Å²) in [4.78, 5) is 11.5. The molecule has 0 aliphatic heterocycles. The maximum absolute atomic E-state index is 12.6. The van der Waals surface area contributed by atoms with Crippen molar-refractivity contribution in [3.05, 3.63) is 35.4 Å². The second kappa shape index (κ2) is 5.13. The third-order valence-corrected chi connectivity index (χ3v) is 2.04. The summed E-state index contributed by atoms with van der Waals surface area (Å²) in [6.07, 6.45) is -4.57. The number of rotatable bonds is 3. The van der Waals surface area contributed by atoms with Crippen molar-refractivity contribution in [3.8, 4) is 0 Å². The van der Waals surface area contributed by atoms with Gasteiger partial charge in [-0.05, 0) is 12.1 Å². The second-order valence-corrected chi connectivity index (χ2v) is 3.72. The first-order valence-corrected chi connectivity index (χ1v) is 4.96. The predicted octanol–water partition coefficient (Wildman–Crippen LogP) is 1.72. The van der Waals surface area contributed by atoms with E-state index in [1.165, 1.54) is 12.1 Å². The summed E-state index contributed by atoms with van der Waals surface area (Å²) in [5.41, 5.74) is 3.70. The molecule has 3 N–H and O–H groups in total. The molecule has 0 aliphatic rings. The average molecular weight is 262 g/mol. The van der Waals surface area contributed by atoms with Gasteiger partial charge in [-0.15, -0.1) is 0 Å². The van der Waals surface area contributed by atoms with E-state index in [0.717, 1.165) is 12.1 Å². The van der Waals surface area contributed by atoms with Crippen LogP contribution in [0.15, 0.2) is 24.3 Å². The predicted molar refractivity (Wildman–Crippen MR) is 60.6 cm³/mol. The highest BCUT2D eigenvalue weighted by molar-refractivity contribution is 7.80. The van der Waals surface area contributed by atoms with Gasteiger partial charge in [0.05, 0.1) is 22.7 Å².